The SMILES string of the molecule is CCc1ccc([C@H](C)NC(=O)c2ccc(NS(=O)(=O)c3ccc(C)cc3)cc2)cc1. The van der Waals surface area contributed by atoms with E-state index in [0.29, 0.717) is 11.3 Å². The van der Waals surface area contributed by atoms with Crippen molar-refractivity contribution in [1.29, 1.82) is 0 Å². The van der Waals surface area contributed by atoms with Crippen LogP contribution in [0.5, 0.6) is 0 Å². The molecular formula is C24H26N2O3S. The molecule has 1 amide bonds. The highest BCUT2D eigenvalue weighted by Gasteiger charge is 2.15. The zero-order chi connectivity index (χ0) is 21.7. The molecule has 2 N–H and O–H groups in total. The number of hydrogen-bond donors (Lipinski definition) is 2. The monoisotopic (exact) mass is 422 g/mol. The molecule has 0 aliphatic carbocycles. The van der Waals surface area contributed by atoms with Gasteiger partial charge in [-0.2, -0.15) is 0 Å². The second-order valence-electron chi connectivity index (χ2n) is 7.29. The maximum atomic E-state index is 12.6. The molecule has 0 aromatic heterocycles. The molecule has 0 unspecified atom stereocenters. The summed E-state index contributed by atoms with van der Waals surface area (Å²) in [6.45, 7) is 5.93. The van der Waals surface area contributed by atoms with E-state index in [-0.39, 0.29) is 16.8 Å². The molecule has 0 bridgehead atoms. The number of hydrogen-bond acceptors (Lipinski definition) is 3. The standard InChI is InChI=1S/C24H26N2O3S/c1-4-19-7-9-20(10-8-19)18(3)25-24(27)21-11-13-22(14-12-21)26-30(28,29)23-15-5-17(2)6-16-23/h5-16,18,26H,4H2,1-3H3,(H,25,27)/t18-/m0/s1. The lowest BCUT2D eigenvalue weighted by Crippen LogP contribution is -2.26. The van der Waals surface area contributed by atoms with Crippen LogP contribution in [-0.4, -0.2) is 14.3 Å². The Morgan fingerprint density at radius 1 is 0.900 bits per heavy atom. The van der Waals surface area contributed by atoms with E-state index in [2.05, 4.69) is 29.1 Å². The van der Waals surface area contributed by atoms with E-state index in [0.717, 1.165) is 17.5 Å². The van der Waals surface area contributed by atoms with Crippen LogP contribution in [0.4, 0.5) is 5.69 Å². The number of anilines is 1. The molecule has 30 heavy (non-hydrogen) atoms. The van der Waals surface area contributed by atoms with Crippen molar-refractivity contribution in [1.82, 2.24) is 5.32 Å². The second kappa shape index (κ2) is 9.13. The van der Waals surface area contributed by atoms with Crippen LogP contribution in [0.1, 0.15) is 46.9 Å². The van der Waals surface area contributed by atoms with Crippen molar-refractivity contribution in [3.05, 3.63) is 95.1 Å². The van der Waals surface area contributed by atoms with Gasteiger partial charge in [0, 0.05) is 11.3 Å². The summed E-state index contributed by atoms with van der Waals surface area (Å²) in [4.78, 5) is 12.7. The minimum Gasteiger partial charge on any atom is -0.346 e. The predicted octanol–water partition coefficient (Wildman–Crippen LogP) is 4.85. The van der Waals surface area contributed by atoms with Crippen molar-refractivity contribution in [3.8, 4) is 0 Å². The summed E-state index contributed by atoms with van der Waals surface area (Å²) in [5, 5.41) is 2.97. The third-order valence-electron chi connectivity index (χ3n) is 4.97. The van der Waals surface area contributed by atoms with Gasteiger partial charge in [-0.05, 0) is 67.8 Å². The largest absolute Gasteiger partial charge is 0.346 e. The summed E-state index contributed by atoms with van der Waals surface area (Å²) in [7, 11) is -3.67. The molecule has 0 saturated carbocycles. The molecule has 3 rings (SSSR count). The molecule has 0 fully saturated rings. The quantitative estimate of drug-likeness (QED) is 0.572. The lowest BCUT2D eigenvalue weighted by atomic mass is 10.0. The first kappa shape index (κ1) is 21.6. The van der Waals surface area contributed by atoms with E-state index < -0.39 is 10.0 Å². The molecule has 0 aliphatic rings. The number of rotatable bonds is 7. The van der Waals surface area contributed by atoms with Gasteiger partial charge in [0.15, 0.2) is 0 Å². The number of carbonyl (C=O) groups is 1. The highest BCUT2D eigenvalue weighted by Crippen LogP contribution is 2.18. The second-order valence-corrected chi connectivity index (χ2v) is 8.97. The molecule has 6 heteroatoms. The number of amides is 1. The highest BCUT2D eigenvalue weighted by atomic mass is 32.2. The summed E-state index contributed by atoms with van der Waals surface area (Å²) in [6.07, 6.45) is 0.973. The van der Waals surface area contributed by atoms with Gasteiger partial charge in [-0.25, -0.2) is 8.42 Å². The van der Waals surface area contributed by atoms with E-state index in [4.69, 9.17) is 0 Å². The number of aryl methyl sites for hydroxylation is 2. The van der Waals surface area contributed by atoms with E-state index >= 15 is 0 Å². The lowest BCUT2D eigenvalue weighted by molar-refractivity contribution is 0.0940. The van der Waals surface area contributed by atoms with Crippen LogP contribution in [0.25, 0.3) is 0 Å². The maximum absolute atomic E-state index is 12.6. The van der Waals surface area contributed by atoms with E-state index in [9.17, 15) is 13.2 Å². The summed E-state index contributed by atoms with van der Waals surface area (Å²) in [5.74, 6) is -0.213. The van der Waals surface area contributed by atoms with Crippen LogP contribution in [0, 0.1) is 6.92 Å². The lowest BCUT2D eigenvalue weighted by Gasteiger charge is -2.15. The average molecular weight is 423 g/mol. The Hall–Kier alpha value is -3.12. The van der Waals surface area contributed by atoms with E-state index in [1.54, 1.807) is 48.5 Å². The molecule has 3 aromatic carbocycles. The zero-order valence-electron chi connectivity index (χ0n) is 17.3. The number of sulfonamides is 1. The molecule has 1 atom stereocenters. The Morgan fingerprint density at radius 2 is 1.50 bits per heavy atom. The van der Waals surface area contributed by atoms with Crippen LogP contribution in [0.15, 0.2) is 77.7 Å². The first-order valence-electron chi connectivity index (χ1n) is 9.88. The third kappa shape index (κ3) is 5.27. The van der Waals surface area contributed by atoms with Gasteiger partial charge in [-0.3, -0.25) is 9.52 Å². The van der Waals surface area contributed by atoms with Crippen molar-refractivity contribution in [3.63, 3.8) is 0 Å². The minimum atomic E-state index is -3.67. The molecule has 0 aliphatic heterocycles. The first-order chi connectivity index (χ1) is 14.3. The van der Waals surface area contributed by atoms with Crippen LogP contribution >= 0.6 is 0 Å². The summed E-state index contributed by atoms with van der Waals surface area (Å²) >= 11 is 0. The van der Waals surface area contributed by atoms with E-state index in [1.165, 1.54) is 5.56 Å². The Balaban J connectivity index is 1.65. The molecule has 3 aromatic rings. The van der Waals surface area contributed by atoms with Crippen LogP contribution in [-0.2, 0) is 16.4 Å². The fraction of sp³-hybridized carbons (Fsp3) is 0.208. The van der Waals surface area contributed by atoms with Crippen molar-refractivity contribution in [2.75, 3.05) is 4.72 Å². The first-order valence-corrected chi connectivity index (χ1v) is 11.4. The zero-order valence-corrected chi connectivity index (χ0v) is 18.2. The predicted molar refractivity (Wildman–Crippen MR) is 120 cm³/mol. The topological polar surface area (TPSA) is 75.3 Å². The number of nitrogens with one attached hydrogen (secondary N) is 2. The number of benzene rings is 3. The van der Waals surface area contributed by atoms with Gasteiger partial charge < -0.3 is 5.32 Å². The Bertz CT molecular complexity index is 1100. The fourth-order valence-electron chi connectivity index (χ4n) is 3.03. The molecule has 0 spiro atoms. The number of carbonyl (C=O) groups excluding carboxylic acids is 1. The molecule has 0 radical (unpaired) electrons. The summed E-state index contributed by atoms with van der Waals surface area (Å²) in [5.41, 5.74) is 4.13. The molecule has 5 nitrogen and oxygen atoms in total. The Labute approximate surface area is 178 Å². The molecular weight excluding hydrogens is 396 g/mol. The summed E-state index contributed by atoms with van der Waals surface area (Å²) < 4.78 is 27.5. The van der Waals surface area contributed by atoms with Crippen molar-refractivity contribution in [2.24, 2.45) is 0 Å². The maximum Gasteiger partial charge on any atom is 0.261 e. The molecule has 0 saturated heterocycles. The van der Waals surface area contributed by atoms with Crippen LogP contribution in [0.3, 0.4) is 0 Å². The minimum absolute atomic E-state index is 0.136. The smallest absolute Gasteiger partial charge is 0.261 e. The van der Waals surface area contributed by atoms with Crippen LogP contribution in [0.2, 0.25) is 0 Å². The van der Waals surface area contributed by atoms with Gasteiger partial charge in [0.1, 0.15) is 0 Å². The van der Waals surface area contributed by atoms with Crippen molar-refractivity contribution in [2.45, 2.75) is 38.1 Å². The van der Waals surface area contributed by atoms with Gasteiger partial charge in [-0.1, -0.05) is 48.9 Å². The molecule has 156 valence electrons. The van der Waals surface area contributed by atoms with E-state index in [1.807, 2.05) is 26.0 Å². The Kier molecular flexibility index (Phi) is 6.57. The normalized spacial score (nSPS) is 12.2. The highest BCUT2D eigenvalue weighted by molar-refractivity contribution is 7.92. The van der Waals surface area contributed by atoms with Crippen LogP contribution < -0.4 is 10.0 Å². The molecule has 0 heterocycles. The van der Waals surface area contributed by atoms with Crippen molar-refractivity contribution >= 4 is 21.6 Å². The fourth-order valence-corrected chi connectivity index (χ4v) is 4.09. The van der Waals surface area contributed by atoms with Gasteiger partial charge in [0.25, 0.3) is 15.9 Å². The third-order valence-corrected chi connectivity index (χ3v) is 6.36. The van der Waals surface area contributed by atoms with Gasteiger partial charge in [0.05, 0.1) is 10.9 Å². The Morgan fingerprint density at radius 3 is 2.07 bits per heavy atom. The average Bonchev–Trinajstić information content (AvgIpc) is 2.74. The van der Waals surface area contributed by atoms with Gasteiger partial charge in [0.2, 0.25) is 0 Å². The summed E-state index contributed by atoms with van der Waals surface area (Å²) in [6, 6.07) is 21.0. The van der Waals surface area contributed by atoms with Crippen molar-refractivity contribution < 1.29 is 13.2 Å². The van der Waals surface area contributed by atoms with Gasteiger partial charge in [-0.15, -0.1) is 0 Å². The van der Waals surface area contributed by atoms with Gasteiger partial charge >= 0.3 is 0 Å².